The summed E-state index contributed by atoms with van der Waals surface area (Å²) in [4.78, 5) is 0. The Balaban J connectivity index is 3.67. The first kappa shape index (κ1) is 14.1. The van der Waals surface area contributed by atoms with Gasteiger partial charge in [-0.15, -0.1) is 5.11 Å². The van der Waals surface area contributed by atoms with Crippen LogP contribution < -0.4 is 5.84 Å². The lowest BCUT2D eigenvalue weighted by Gasteiger charge is -2.12. The van der Waals surface area contributed by atoms with Crippen molar-refractivity contribution in [3.8, 4) is 0 Å². The first-order valence-corrected chi connectivity index (χ1v) is 5.92. The maximum absolute atomic E-state index is 7.50. The van der Waals surface area contributed by atoms with Crippen molar-refractivity contribution in [3.05, 3.63) is 0 Å². The maximum Gasteiger partial charge on any atom is 0.145 e. The maximum atomic E-state index is 7.50. The van der Waals surface area contributed by atoms with Crippen LogP contribution in [0.2, 0.25) is 0 Å². The minimum Gasteiger partial charge on any atom is -0.305 e. The van der Waals surface area contributed by atoms with Gasteiger partial charge < -0.3 is 5.84 Å². The van der Waals surface area contributed by atoms with E-state index in [1.165, 1.54) is 32.1 Å². The summed E-state index contributed by atoms with van der Waals surface area (Å²) in [7, 11) is 0. The van der Waals surface area contributed by atoms with E-state index in [1.54, 1.807) is 0 Å². The molecule has 0 radical (unpaired) electrons. The van der Waals surface area contributed by atoms with Gasteiger partial charge in [-0.2, -0.15) is 0 Å². The highest BCUT2D eigenvalue weighted by Gasteiger charge is 2.08. The SMILES string of the molecule is CCCCCC[C@H](CC)CC(=N)N=NN. The van der Waals surface area contributed by atoms with Crippen LogP contribution in [0.25, 0.3) is 0 Å². The second kappa shape index (κ2) is 9.62. The van der Waals surface area contributed by atoms with Crippen LogP contribution in [0.3, 0.4) is 0 Å². The van der Waals surface area contributed by atoms with Crippen molar-refractivity contribution in [2.75, 3.05) is 0 Å². The lowest BCUT2D eigenvalue weighted by Crippen LogP contribution is -2.05. The number of hydrogen-bond acceptors (Lipinski definition) is 2. The largest absolute Gasteiger partial charge is 0.305 e. The molecule has 0 spiro atoms. The molecule has 88 valence electrons. The zero-order valence-corrected chi connectivity index (χ0v) is 10.00. The normalized spacial score (nSPS) is 13.2. The van der Waals surface area contributed by atoms with E-state index < -0.39 is 0 Å². The molecule has 1 atom stereocenters. The standard InChI is InChI=1S/C11H24N4/c1-3-5-6-7-8-10(4-2)9-11(12)14-15-13/h10H,3-9H2,1-2H3,(H3,12,13,14)/t10-/m0/s1. The Bertz CT molecular complexity index is 189. The molecule has 0 aromatic carbocycles. The fourth-order valence-electron chi connectivity index (χ4n) is 1.69. The van der Waals surface area contributed by atoms with Crippen molar-refractivity contribution in [1.82, 2.24) is 0 Å². The molecular formula is C11H24N4. The fraction of sp³-hybridized carbons (Fsp3) is 0.909. The molecule has 0 saturated heterocycles. The van der Waals surface area contributed by atoms with E-state index in [4.69, 9.17) is 11.3 Å². The molecule has 0 unspecified atom stereocenters. The molecule has 0 amide bonds. The highest BCUT2D eigenvalue weighted by atomic mass is 15.3. The quantitative estimate of drug-likeness (QED) is 0.158. The van der Waals surface area contributed by atoms with E-state index in [2.05, 4.69) is 24.2 Å². The molecule has 0 rings (SSSR count). The lowest BCUT2D eigenvalue weighted by molar-refractivity contribution is 0.453. The Labute approximate surface area is 92.8 Å². The molecule has 0 heterocycles. The van der Waals surface area contributed by atoms with Crippen LogP contribution in [0.5, 0.6) is 0 Å². The molecule has 0 saturated carbocycles. The molecule has 0 aliphatic heterocycles. The minimum absolute atomic E-state index is 0.305. The second-order valence-electron chi connectivity index (χ2n) is 3.99. The lowest BCUT2D eigenvalue weighted by atomic mass is 9.94. The van der Waals surface area contributed by atoms with Crippen LogP contribution in [0.1, 0.15) is 58.8 Å². The third kappa shape index (κ3) is 8.09. The van der Waals surface area contributed by atoms with Gasteiger partial charge in [-0.05, 0) is 5.92 Å². The Morgan fingerprint density at radius 1 is 1.27 bits per heavy atom. The van der Waals surface area contributed by atoms with Crippen LogP contribution in [0, 0.1) is 11.3 Å². The van der Waals surface area contributed by atoms with E-state index >= 15 is 0 Å². The highest BCUT2D eigenvalue weighted by molar-refractivity contribution is 5.79. The van der Waals surface area contributed by atoms with Crippen molar-refractivity contribution in [2.45, 2.75) is 58.8 Å². The molecule has 0 bridgehead atoms. The van der Waals surface area contributed by atoms with Crippen molar-refractivity contribution < 1.29 is 0 Å². The van der Waals surface area contributed by atoms with Crippen molar-refractivity contribution >= 4 is 5.84 Å². The zero-order valence-electron chi connectivity index (χ0n) is 10.00. The summed E-state index contributed by atoms with van der Waals surface area (Å²) >= 11 is 0. The van der Waals surface area contributed by atoms with Gasteiger partial charge in [-0.3, -0.25) is 5.41 Å². The predicted octanol–water partition coefficient (Wildman–Crippen LogP) is 3.68. The van der Waals surface area contributed by atoms with Gasteiger partial charge >= 0.3 is 0 Å². The topological polar surface area (TPSA) is 74.6 Å². The summed E-state index contributed by atoms with van der Waals surface area (Å²) in [6, 6.07) is 0. The van der Waals surface area contributed by atoms with Crippen LogP contribution >= 0.6 is 0 Å². The monoisotopic (exact) mass is 212 g/mol. The van der Waals surface area contributed by atoms with Crippen LogP contribution in [-0.4, -0.2) is 5.84 Å². The van der Waals surface area contributed by atoms with Crippen molar-refractivity contribution in [3.63, 3.8) is 0 Å². The Morgan fingerprint density at radius 2 is 2.00 bits per heavy atom. The average molecular weight is 212 g/mol. The summed E-state index contributed by atoms with van der Waals surface area (Å²) in [5.41, 5.74) is 0. The first-order valence-electron chi connectivity index (χ1n) is 5.92. The molecule has 0 fully saturated rings. The van der Waals surface area contributed by atoms with E-state index in [0.717, 1.165) is 6.42 Å². The summed E-state index contributed by atoms with van der Waals surface area (Å²) in [6.07, 6.45) is 8.17. The molecule has 3 N–H and O–H groups in total. The second-order valence-corrected chi connectivity index (χ2v) is 3.99. The van der Waals surface area contributed by atoms with E-state index in [0.29, 0.717) is 18.2 Å². The number of unbranched alkanes of at least 4 members (excludes halogenated alkanes) is 3. The number of hydrogen-bond donors (Lipinski definition) is 2. The van der Waals surface area contributed by atoms with Gasteiger partial charge in [-0.1, -0.05) is 57.6 Å². The van der Waals surface area contributed by atoms with Crippen LogP contribution in [0.15, 0.2) is 10.3 Å². The van der Waals surface area contributed by atoms with Crippen molar-refractivity contribution in [1.29, 1.82) is 5.41 Å². The zero-order chi connectivity index (χ0) is 11.5. The third-order valence-corrected chi connectivity index (χ3v) is 2.70. The van der Waals surface area contributed by atoms with Gasteiger partial charge in [-0.25, -0.2) is 0 Å². The molecule has 0 aliphatic carbocycles. The Morgan fingerprint density at radius 3 is 2.53 bits per heavy atom. The highest BCUT2D eigenvalue weighted by Crippen LogP contribution is 2.18. The fourth-order valence-corrected chi connectivity index (χ4v) is 1.69. The number of nitrogens with zero attached hydrogens (tertiary/aromatic N) is 2. The van der Waals surface area contributed by atoms with E-state index in [9.17, 15) is 0 Å². The Kier molecular flexibility index (Phi) is 9.02. The molecule has 15 heavy (non-hydrogen) atoms. The summed E-state index contributed by atoms with van der Waals surface area (Å²) in [6.45, 7) is 4.38. The van der Waals surface area contributed by atoms with Crippen molar-refractivity contribution in [2.24, 2.45) is 22.1 Å². The van der Waals surface area contributed by atoms with Gasteiger partial charge in [0.15, 0.2) is 0 Å². The number of nitrogens with one attached hydrogen (secondary N) is 1. The number of nitrogens with two attached hydrogens (primary N) is 1. The molecule has 4 heteroatoms. The summed E-state index contributed by atoms with van der Waals surface area (Å²) in [5.74, 6) is 5.78. The van der Waals surface area contributed by atoms with Gasteiger partial charge in [0.1, 0.15) is 5.84 Å². The average Bonchev–Trinajstić information content (AvgIpc) is 2.23. The molecule has 0 aromatic heterocycles. The van der Waals surface area contributed by atoms with Crippen LogP contribution in [-0.2, 0) is 0 Å². The first-order chi connectivity index (χ1) is 7.24. The summed E-state index contributed by atoms with van der Waals surface area (Å²) < 4.78 is 0. The molecule has 0 aliphatic rings. The van der Waals surface area contributed by atoms with E-state index in [-0.39, 0.29) is 0 Å². The predicted molar refractivity (Wildman–Crippen MR) is 63.9 cm³/mol. The number of rotatable bonds is 8. The smallest absolute Gasteiger partial charge is 0.145 e. The van der Waals surface area contributed by atoms with Gasteiger partial charge in [0, 0.05) is 6.42 Å². The molecule has 0 aromatic rings. The number of amidine groups is 1. The van der Waals surface area contributed by atoms with Gasteiger partial charge in [0.05, 0.1) is 0 Å². The van der Waals surface area contributed by atoms with Gasteiger partial charge in [0.2, 0.25) is 0 Å². The van der Waals surface area contributed by atoms with E-state index in [1.807, 2.05) is 0 Å². The van der Waals surface area contributed by atoms with Crippen LogP contribution in [0.4, 0.5) is 0 Å². The molecule has 4 nitrogen and oxygen atoms in total. The molecular weight excluding hydrogens is 188 g/mol. The summed E-state index contributed by atoms with van der Waals surface area (Å²) in [5, 5.41) is 14.2. The minimum atomic E-state index is 0.305. The Hall–Kier alpha value is -0.930. The van der Waals surface area contributed by atoms with Gasteiger partial charge in [0.25, 0.3) is 0 Å². The third-order valence-electron chi connectivity index (χ3n) is 2.70.